The van der Waals surface area contributed by atoms with Crippen LogP contribution in [-0.2, 0) is 26.2 Å². The van der Waals surface area contributed by atoms with E-state index in [-0.39, 0.29) is 29.6 Å². The Bertz CT molecular complexity index is 1060. The Balaban J connectivity index is 1.31. The van der Waals surface area contributed by atoms with Crippen molar-refractivity contribution in [3.8, 4) is 0 Å². The minimum atomic E-state index is -3.45. The molecule has 1 amide bonds. The summed E-state index contributed by atoms with van der Waals surface area (Å²) in [6, 6.07) is 12.5. The van der Waals surface area contributed by atoms with Crippen molar-refractivity contribution in [3.05, 3.63) is 65.5 Å². The van der Waals surface area contributed by atoms with Gasteiger partial charge >= 0.3 is 0 Å². The van der Waals surface area contributed by atoms with Crippen LogP contribution in [0.25, 0.3) is 0 Å². The molecule has 2 heterocycles. The van der Waals surface area contributed by atoms with Gasteiger partial charge in [0, 0.05) is 31.6 Å². The van der Waals surface area contributed by atoms with E-state index in [2.05, 4.69) is 10.5 Å². The zero-order valence-electron chi connectivity index (χ0n) is 16.3. The van der Waals surface area contributed by atoms with Gasteiger partial charge in [-0.25, -0.2) is 12.8 Å². The van der Waals surface area contributed by atoms with Gasteiger partial charge in [0.05, 0.1) is 10.6 Å². The Morgan fingerprint density at radius 2 is 1.90 bits per heavy atom. The van der Waals surface area contributed by atoms with Crippen LogP contribution in [-0.4, -0.2) is 43.5 Å². The van der Waals surface area contributed by atoms with Gasteiger partial charge in [0.15, 0.2) is 0 Å². The third-order valence-electron chi connectivity index (χ3n) is 5.21. The van der Waals surface area contributed by atoms with Gasteiger partial charge in [-0.05, 0) is 42.7 Å². The van der Waals surface area contributed by atoms with Gasteiger partial charge < -0.3 is 10.2 Å². The lowest BCUT2D eigenvalue weighted by atomic mass is 10.0. The third-order valence-corrected chi connectivity index (χ3v) is 7.12. The zero-order chi connectivity index (χ0) is 21.1. The number of nitrogens with zero attached hydrogens (tertiary/aromatic N) is 2. The summed E-state index contributed by atoms with van der Waals surface area (Å²) in [6.45, 7) is 1.35. The predicted molar refractivity (Wildman–Crippen MR) is 109 cm³/mol. The van der Waals surface area contributed by atoms with E-state index in [9.17, 15) is 17.6 Å². The van der Waals surface area contributed by atoms with Gasteiger partial charge in [-0.3, -0.25) is 4.79 Å². The van der Waals surface area contributed by atoms with E-state index in [0.29, 0.717) is 24.4 Å². The maximum Gasteiger partial charge on any atom is 0.264 e. The monoisotopic (exact) mass is 431 g/mol. The largest absolute Gasteiger partial charge is 0.382 e. The molecule has 2 aliphatic rings. The van der Waals surface area contributed by atoms with Crippen LogP contribution in [0.1, 0.15) is 30.4 Å². The summed E-state index contributed by atoms with van der Waals surface area (Å²) >= 11 is 0. The van der Waals surface area contributed by atoms with Gasteiger partial charge in [0.2, 0.25) is 16.1 Å². The molecule has 1 N–H and O–H groups in total. The number of carbonyl (C=O) groups is 1. The average molecular weight is 431 g/mol. The Kier molecular flexibility index (Phi) is 5.83. The van der Waals surface area contributed by atoms with Gasteiger partial charge in [0.25, 0.3) is 5.91 Å². The van der Waals surface area contributed by atoms with E-state index in [4.69, 9.17) is 4.84 Å². The summed E-state index contributed by atoms with van der Waals surface area (Å²) in [5.41, 5.74) is 1.87. The molecule has 9 heteroatoms. The molecule has 0 bridgehead atoms. The molecule has 0 aliphatic carbocycles. The van der Waals surface area contributed by atoms with Crippen LogP contribution in [0, 0.1) is 5.82 Å². The van der Waals surface area contributed by atoms with E-state index in [1.54, 1.807) is 36.4 Å². The van der Waals surface area contributed by atoms with Crippen LogP contribution in [0.3, 0.4) is 0 Å². The van der Waals surface area contributed by atoms with Crippen molar-refractivity contribution in [2.75, 3.05) is 13.1 Å². The van der Waals surface area contributed by atoms with Crippen molar-refractivity contribution in [1.29, 1.82) is 0 Å². The van der Waals surface area contributed by atoms with Crippen molar-refractivity contribution in [2.24, 2.45) is 5.16 Å². The molecule has 0 spiro atoms. The second-order valence-electron chi connectivity index (χ2n) is 7.32. The van der Waals surface area contributed by atoms with Crippen molar-refractivity contribution in [1.82, 2.24) is 9.62 Å². The molecule has 0 aromatic heterocycles. The quantitative estimate of drug-likeness (QED) is 0.761. The molecule has 1 fully saturated rings. The maximum absolute atomic E-state index is 13.4. The molecular formula is C21H22FN3O4S. The molecule has 2 aliphatic heterocycles. The molecule has 0 saturated carbocycles. The Hall–Kier alpha value is -2.78. The first-order chi connectivity index (χ1) is 14.4. The van der Waals surface area contributed by atoms with E-state index in [0.717, 1.165) is 18.4 Å². The van der Waals surface area contributed by atoms with E-state index in [1.165, 1.54) is 16.4 Å². The molecule has 1 atom stereocenters. The lowest BCUT2D eigenvalue weighted by molar-refractivity contribution is -0.131. The number of halogens is 1. The molecule has 2 aromatic rings. The van der Waals surface area contributed by atoms with Crippen LogP contribution in [0.5, 0.6) is 0 Å². The summed E-state index contributed by atoms with van der Waals surface area (Å²) in [6.07, 6.45) is 1.25. The third kappa shape index (κ3) is 4.36. The van der Waals surface area contributed by atoms with Crippen LogP contribution in [0.15, 0.2) is 58.6 Å². The minimum Gasteiger partial charge on any atom is -0.382 e. The number of rotatable bonds is 6. The number of hydrogen-bond acceptors (Lipinski definition) is 5. The second-order valence-corrected chi connectivity index (χ2v) is 9.26. The molecule has 4 rings (SSSR count). The van der Waals surface area contributed by atoms with Crippen molar-refractivity contribution in [2.45, 2.75) is 36.8 Å². The van der Waals surface area contributed by atoms with Gasteiger partial charge in [-0.1, -0.05) is 29.4 Å². The maximum atomic E-state index is 13.4. The van der Waals surface area contributed by atoms with Crippen molar-refractivity contribution >= 4 is 21.6 Å². The van der Waals surface area contributed by atoms with Gasteiger partial charge in [0.1, 0.15) is 5.82 Å². The first kappa shape index (κ1) is 20.5. The van der Waals surface area contributed by atoms with Gasteiger partial charge in [-0.15, -0.1) is 0 Å². The number of hydrogen-bond donors (Lipinski definition) is 1. The van der Waals surface area contributed by atoms with Gasteiger partial charge in [-0.2, -0.15) is 4.31 Å². The highest BCUT2D eigenvalue weighted by Crippen LogP contribution is 2.21. The normalized spacial score (nSPS) is 19.4. The number of sulfonamides is 1. The minimum absolute atomic E-state index is 0.234. The van der Waals surface area contributed by atoms with Crippen LogP contribution in [0.2, 0.25) is 0 Å². The molecule has 2 aromatic carbocycles. The Morgan fingerprint density at radius 3 is 2.60 bits per heavy atom. The fourth-order valence-electron chi connectivity index (χ4n) is 3.52. The van der Waals surface area contributed by atoms with Crippen LogP contribution in [0.4, 0.5) is 4.39 Å². The van der Waals surface area contributed by atoms with Crippen molar-refractivity contribution in [3.63, 3.8) is 0 Å². The lowest BCUT2D eigenvalue weighted by Crippen LogP contribution is -2.34. The standard InChI is InChI=1S/C21H22FN3O4S/c22-17-5-3-4-16(12-17)19-13-20(29-24-19)21(26)23-14-15-6-8-18(9-7-15)30(27,28)25-10-1-2-11-25/h3-9,12,20H,1-2,10-11,13-14H2,(H,23,26). The molecule has 30 heavy (non-hydrogen) atoms. The molecule has 7 nitrogen and oxygen atoms in total. The fraction of sp³-hybridized carbons (Fsp3) is 0.333. The van der Waals surface area contributed by atoms with Crippen LogP contribution < -0.4 is 5.32 Å². The molecule has 1 saturated heterocycles. The number of carbonyl (C=O) groups excluding carboxylic acids is 1. The summed E-state index contributed by atoms with van der Waals surface area (Å²) in [7, 11) is -3.45. The fourth-order valence-corrected chi connectivity index (χ4v) is 5.03. The van der Waals surface area contributed by atoms with E-state index >= 15 is 0 Å². The number of oxime groups is 1. The van der Waals surface area contributed by atoms with E-state index < -0.39 is 16.1 Å². The highest BCUT2D eigenvalue weighted by molar-refractivity contribution is 7.89. The predicted octanol–water partition coefficient (Wildman–Crippen LogP) is 2.42. The molecule has 1 unspecified atom stereocenters. The lowest BCUT2D eigenvalue weighted by Gasteiger charge is -2.15. The Labute approximate surface area is 174 Å². The van der Waals surface area contributed by atoms with Crippen molar-refractivity contribution < 1.29 is 22.4 Å². The average Bonchev–Trinajstić information content (AvgIpc) is 3.45. The number of amides is 1. The summed E-state index contributed by atoms with van der Waals surface area (Å²) in [5.74, 6) is -0.711. The summed E-state index contributed by atoms with van der Waals surface area (Å²) in [4.78, 5) is 17.8. The van der Waals surface area contributed by atoms with Crippen LogP contribution >= 0.6 is 0 Å². The first-order valence-corrected chi connectivity index (χ1v) is 11.2. The SMILES string of the molecule is O=C(NCc1ccc(S(=O)(=O)N2CCCC2)cc1)C1CC(c2cccc(F)c2)=NO1. The molecular weight excluding hydrogens is 409 g/mol. The highest BCUT2D eigenvalue weighted by atomic mass is 32.2. The highest BCUT2D eigenvalue weighted by Gasteiger charge is 2.29. The summed E-state index contributed by atoms with van der Waals surface area (Å²) in [5, 5.41) is 6.67. The first-order valence-electron chi connectivity index (χ1n) is 9.79. The zero-order valence-corrected chi connectivity index (χ0v) is 17.1. The second kappa shape index (κ2) is 8.53. The Morgan fingerprint density at radius 1 is 1.17 bits per heavy atom. The number of nitrogens with one attached hydrogen (secondary N) is 1. The summed E-state index contributed by atoms with van der Waals surface area (Å²) < 4.78 is 40.0. The topological polar surface area (TPSA) is 88.1 Å². The molecule has 0 radical (unpaired) electrons. The number of benzene rings is 2. The van der Waals surface area contributed by atoms with E-state index in [1.807, 2.05) is 0 Å². The smallest absolute Gasteiger partial charge is 0.264 e. The molecule has 158 valence electrons.